The first-order valence-corrected chi connectivity index (χ1v) is 30.1. The number of likely N-dealkylation sites (tertiary alicyclic amines) is 1. The number of benzene rings is 1. The monoisotopic (exact) mass is 1150 g/mol. The summed E-state index contributed by atoms with van der Waals surface area (Å²) >= 11 is 1.33. The van der Waals surface area contributed by atoms with Crippen LogP contribution in [0.2, 0.25) is 0 Å². The molecule has 8 atom stereocenters. The van der Waals surface area contributed by atoms with Gasteiger partial charge in [-0.3, -0.25) is 49.2 Å². The Balaban J connectivity index is 0.874. The largest absolute Gasteiger partial charge is 0.464 e. The molecule has 6 saturated heterocycles. The van der Waals surface area contributed by atoms with Crippen molar-refractivity contribution in [1.82, 2.24) is 50.2 Å². The number of aromatic nitrogens is 2. The summed E-state index contributed by atoms with van der Waals surface area (Å²) in [6, 6.07) is 2.98. The Morgan fingerprint density at radius 2 is 1.80 bits per heavy atom. The van der Waals surface area contributed by atoms with Crippen molar-refractivity contribution in [3.05, 3.63) is 45.5 Å². The van der Waals surface area contributed by atoms with Crippen LogP contribution in [0.25, 0.3) is 27.7 Å². The molecular formula is C58H78F3N11O8S. The van der Waals surface area contributed by atoms with Gasteiger partial charge in [0.15, 0.2) is 0 Å². The molecule has 10 heterocycles. The van der Waals surface area contributed by atoms with Gasteiger partial charge in [0.25, 0.3) is 5.91 Å². The second-order valence-corrected chi connectivity index (χ2v) is 26.3. The maximum Gasteiger partial charge on any atom is 0.406 e. The van der Waals surface area contributed by atoms with Crippen LogP contribution in [0.1, 0.15) is 83.0 Å². The first-order valence-electron chi connectivity index (χ1n) is 29.2. The van der Waals surface area contributed by atoms with Gasteiger partial charge in [-0.2, -0.15) is 13.2 Å². The van der Waals surface area contributed by atoms with Gasteiger partial charge < -0.3 is 33.7 Å². The maximum absolute atomic E-state index is 15.2. The van der Waals surface area contributed by atoms with E-state index in [1.807, 2.05) is 57.2 Å². The van der Waals surface area contributed by atoms with Gasteiger partial charge in [-0.1, -0.05) is 33.8 Å². The molecule has 7 fully saturated rings. The van der Waals surface area contributed by atoms with E-state index in [4.69, 9.17) is 28.9 Å². The highest BCUT2D eigenvalue weighted by Crippen LogP contribution is 2.45. The van der Waals surface area contributed by atoms with Crippen molar-refractivity contribution in [2.45, 2.75) is 146 Å². The minimum absolute atomic E-state index is 0.0292. The molecule has 1 aliphatic carbocycles. The summed E-state index contributed by atoms with van der Waals surface area (Å²) in [5, 5.41) is 11.0. The van der Waals surface area contributed by atoms with Crippen molar-refractivity contribution in [1.29, 1.82) is 0 Å². The Kier molecular flexibility index (Phi) is 15.6. The Morgan fingerprint density at radius 1 is 1.00 bits per heavy atom. The summed E-state index contributed by atoms with van der Waals surface area (Å²) < 4.78 is 71.4. The molecule has 0 unspecified atom stereocenters. The molecule has 1 spiro atoms. The highest BCUT2D eigenvalue weighted by Gasteiger charge is 2.57. The van der Waals surface area contributed by atoms with Crippen LogP contribution in [0.4, 0.5) is 13.2 Å². The quantitative estimate of drug-likeness (QED) is 0.182. The van der Waals surface area contributed by atoms with Crippen molar-refractivity contribution in [3.63, 3.8) is 0 Å². The number of methoxy groups -OCH3 is 1. The lowest BCUT2D eigenvalue weighted by molar-refractivity contribution is -0.197. The molecule has 2 aromatic heterocycles. The molecule has 23 heteroatoms. The number of nitrogens with one attached hydrogen (secondary N) is 3. The lowest BCUT2D eigenvalue weighted by Gasteiger charge is -2.55. The number of aliphatic imine (C=N–C) groups is 1. The molecule has 8 aliphatic heterocycles. The van der Waals surface area contributed by atoms with Crippen molar-refractivity contribution < 1.29 is 51.3 Å². The van der Waals surface area contributed by atoms with E-state index in [0.29, 0.717) is 121 Å². The van der Waals surface area contributed by atoms with Crippen LogP contribution < -0.4 is 16.1 Å². The van der Waals surface area contributed by atoms with E-state index in [9.17, 15) is 19.2 Å². The van der Waals surface area contributed by atoms with E-state index in [2.05, 4.69) is 30.8 Å². The third-order valence-electron chi connectivity index (χ3n) is 18.3. The van der Waals surface area contributed by atoms with Crippen LogP contribution in [0.15, 0.2) is 34.3 Å². The topological polar surface area (TPSA) is 198 Å². The van der Waals surface area contributed by atoms with Crippen molar-refractivity contribution in [2.75, 3.05) is 92.4 Å². The predicted octanol–water partition coefficient (Wildman–Crippen LogP) is 4.27. The fourth-order valence-electron chi connectivity index (χ4n) is 13.8. The number of hydrogen-bond donors (Lipinski definition) is 3. The predicted molar refractivity (Wildman–Crippen MR) is 298 cm³/mol. The zero-order valence-electron chi connectivity index (χ0n) is 47.4. The Labute approximate surface area is 475 Å². The van der Waals surface area contributed by atoms with Crippen LogP contribution >= 0.6 is 11.3 Å². The van der Waals surface area contributed by atoms with Crippen molar-refractivity contribution in [2.24, 2.45) is 22.2 Å². The molecule has 6 bridgehead atoms. The molecular weight excluding hydrogens is 1070 g/mol. The third kappa shape index (κ3) is 11.7. The number of alkyl halides is 3. The van der Waals surface area contributed by atoms with E-state index >= 15 is 13.2 Å². The number of carbonyl (C=O) groups excluding carboxylic acids is 4. The highest BCUT2D eigenvalue weighted by atomic mass is 32.1. The molecule has 81 heavy (non-hydrogen) atoms. The lowest BCUT2D eigenvalue weighted by Crippen LogP contribution is -2.73. The number of esters is 1. The Hall–Kier alpha value is -4.85. The van der Waals surface area contributed by atoms with Crippen LogP contribution in [-0.2, 0) is 57.5 Å². The zero-order valence-corrected chi connectivity index (χ0v) is 48.2. The van der Waals surface area contributed by atoms with Gasteiger partial charge in [0.2, 0.25) is 11.8 Å². The molecule has 1 saturated carbocycles. The van der Waals surface area contributed by atoms with Crippen LogP contribution in [0.3, 0.4) is 0 Å². The number of halogens is 3. The van der Waals surface area contributed by atoms with Gasteiger partial charge in [-0.25, -0.2) is 10.4 Å². The molecule has 440 valence electrons. The highest BCUT2D eigenvalue weighted by molar-refractivity contribution is 7.10. The van der Waals surface area contributed by atoms with Gasteiger partial charge in [0.1, 0.15) is 30.3 Å². The molecule has 1 aromatic carbocycles. The van der Waals surface area contributed by atoms with E-state index in [0.717, 1.165) is 26.2 Å². The third-order valence-corrected chi connectivity index (χ3v) is 19.1. The van der Waals surface area contributed by atoms with Crippen LogP contribution in [0.5, 0.6) is 0 Å². The number of ether oxygens (including phenoxy) is 4. The number of thiazole rings is 1. The normalized spacial score (nSPS) is 29.3. The molecule has 3 N–H and O–H groups in total. The molecule has 3 amide bonds. The summed E-state index contributed by atoms with van der Waals surface area (Å²) in [6.07, 6.45) is 0.642. The fourth-order valence-corrected chi connectivity index (χ4v) is 14.7. The minimum Gasteiger partial charge on any atom is -0.464 e. The number of fused-ring (bicyclic) bond motifs is 7. The first-order chi connectivity index (χ1) is 38.7. The number of nitrogens with zero attached hydrogens (tertiary/aromatic N) is 8. The Bertz CT molecular complexity index is 2970. The Morgan fingerprint density at radius 3 is 2.57 bits per heavy atom. The van der Waals surface area contributed by atoms with Gasteiger partial charge in [-0.05, 0) is 75.0 Å². The number of rotatable bonds is 11. The lowest BCUT2D eigenvalue weighted by atomic mass is 9.83. The SMILES string of the molecule is CO[C@@H](C)C1=C(c2c3c4cc(ccc4n2CC(F)(F)F)-c2csc(n2)C[C@H](NC(=O)[C@H](C(C)C)N2CCOC4(CN(C(=O)[C@@H]5N[C@@H]5C5CC5)C4)C2)C(=O)N2CCC[C@H](N2)C(=O)OCC(C)(C)C3)C[C@@H](N2CCN3CCOC[C@@H]3C2)C=N1. The number of piperazine rings is 1. The minimum atomic E-state index is -4.60. The van der Waals surface area contributed by atoms with Crippen molar-refractivity contribution in [3.8, 4) is 11.3 Å². The number of hydrogen-bond acceptors (Lipinski definition) is 16. The standard InChI is InChI=1S/C58H78F3N11O8S/c1-33(2)50(69-17-19-80-57(28-69)29-70(30-57)54(75)49-48(65-49)35-9-10-35)52(73)64-43-22-46-63-44(27-81-46)36-11-12-45-39(20-36)41(23-56(4,5)32-79-55(76)42-8-7-13-72(66-42)53(43)74)51(71(45)31-58(59,60)61)40-21-37(24-62-47(40)34(3)77-6)68-15-14-67-16-18-78-26-38(67)25-68/h11-12,20,24,27,33-35,37-38,42-43,48-50,65-66H,7-10,13-19,21-23,25-26,28-32H2,1-6H3,(H,64,73)/t34-,37+,38-,42-,43-,48+,49+,50-/m0/s1. The van der Waals surface area contributed by atoms with Crippen LogP contribution in [-0.4, -0.2) is 217 Å². The van der Waals surface area contributed by atoms with Gasteiger partial charge in [-0.15, -0.1) is 11.3 Å². The van der Waals surface area contributed by atoms with E-state index in [1.54, 1.807) is 19.2 Å². The second-order valence-electron chi connectivity index (χ2n) is 25.4. The fraction of sp³-hybridized carbons (Fsp3) is 0.690. The molecule has 19 nitrogen and oxygen atoms in total. The van der Waals surface area contributed by atoms with Gasteiger partial charge in [0, 0.05) is 117 Å². The zero-order chi connectivity index (χ0) is 56.7. The maximum atomic E-state index is 15.2. The number of hydrazine groups is 1. The average Bonchev–Trinajstić information content (AvgIpc) is 3.58. The summed E-state index contributed by atoms with van der Waals surface area (Å²) in [7, 11) is 1.58. The summed E-state index contributed by atoms with van der Waals surface area (Å²) in [5.41, 5.74) is 5.72. The van der Waals surface area contributed by atoms with Gasteiger partial charge in [0.05, 0.1) is 73.8 Å². The smallest absolute Gasteiger partial charge is 0.406 e. The average molecular weight is 1150 g/mol. The number of amides is 3. The van der Waals surface area contributed by atoms with E-state index in [-0.39, 0.29) is 67.9 Å². The number of morpholine rings is 2. The van der Waals surface area contributed by atoms with Crippen LogP contribution in [0, 0.1) is 17.3 Å². The molecule has 9 aliphatic rings. The number of carbonyl (C=O) groups is 4. The molecule has 0 radical (unpaired) electrons. The second kappa shape index (κ2) is 22.3. The summed E-state index contributed by atoms with van der Waals surface area (Å²) in [4.78, 5) is 76.3. The van der Waals surface area contributed by atoms with E-state index in [1.165, 1.54) is 33.8 Å². The molecule has 12 rings (SSSR count). The van der Waals surface area contributed by atoms with Gasteiger partial charge >= 0.3 is 12.1 Å². The number of cyclic esters (lactones) is 1. The first kappa shape index (κ1) is 56.6. The van der Waals surface area contributed by atoms with Crippen molar-refractivity contribution >= 4 is 57.7 Å². The van der Waals surface area contributed by atoms with E-state index < -0.39 is 59.8 Å². The summed E-state index contributed by atoms with van der Waals surface area (Å²) in [6.45, 7) is 15.4. The molecule has 3 aromatic rings. The summed E-state index contributed by atoms with van der Waals surface area (Å²) in [5.74, 6) is -0.773.